The van der Waals surface area contributed by atoms with Gasteiger partial charge in [-0.15, -0.1) is 0 Å². The number of aryl methyl sites for hydroxylation is 1. The molecule has 0 aliphatic heterocycles. The largest absolute Gasteiger partial charge is 0.340 e. The Kier molecular flexibility index (Phi) is 2.99. The highest BCUT2D eigenvalue weighted by atomic mass is 15.0. The zero-order chi connectivity index (χ0) is 14.2. The smallest absolute Gasteiger partial charge is 0.0684 e. The summed E-state index contributed by atoms with van der Waals surface area (Å²) in [5, 5.41) is 11.8. The van der Waals surface area contributed by atoms with Gasteiger partial charge < -0.3 is 4.57 Å². The lowest BCUT2D eigenvalue weighted by molar-refractivity contribution is 0.421. The first-order valence-corrected chi connectivity index (χ1v) is 7.00. The first-order chi connectivity index (χ1) is 9.62. The van der Waals surface area contributed by atoms with Crippen LogP contribution < -0.4 is 0 Å². The van der Waals surface area contributed by atoms with Crippen LogP contribution in [0.15, 0.2) is 48.5 Å². The molecule has 0 fully saturated rings. The molecule has 100 valence electrons. The third-order valence-electron chi connectivity index (χ3n) is 3.94. The molecular weight excluding hydrogens is 244 g/mol. The molecule has 2 aromatic carbocycles. The first kappa shape index (κ1) is 12.7. The Bertz CT molecular complexity index is 750. The minimum absolute atomic E-state index is 0.285. The summed E-state index contributed by atoms with van der Waals surface area (Å²) in [5.74, 6) is 0. The van der Waals surface area contributed by atoms with Crippen LogP contribution in [0.25, 0.3) is 21.8 Å². The molecule has 0 radical (unpaired) electrons. The van der Waals surface area contributed by atoms with Crippen LogP contribution in [-0.4, -0.2) is 4.57 Å². The van der Waals surface area contributed by atoms with Crippen LogP contribution >= 0.6 is 0 Å². The Morgan fingerprint density at radius 3 is 1.95 bits per heavy atom. The molecule has 0 saturated carbocycles. The summed E-state index contributed by atoms with van der Waals surface area (Å²) >= 11 is 0. The molecule has 0 spiro atoms. The summed E-state index contributed by atoms with van der Waals surface area (Å²) in [5.41, 5.74) is 2.22. The van der Waals surface area contributed by atoms with E-state index in [4.69, 9.17) is 0 Å². The summed E-state index contributed by atoms with van der Waals surface area (Å²) in [4.78, 5) is 0. The van der Waals surface area contributed by atoms with Gasteiger partial charge in [0.1, 0.15) is 0 Å². The quantitative estimate of drug-likeness (QED) is 0.670. The van der Waals surface area contributed by atoms with E-state index in [1.54, 1.807) is 0 Å². The maximum absolute atomic E-state index is 9.19. The normalized spacial score (nSPS) is 11.8. The van der Waals surface area contributed by atoms with Gasteiger partial charge in [-0.25, -0.2) is 0 Å². The molecule has 0 N–H and O–H groups in total. The van der Waals surface area contributed by atoms with Crippen molar-refractivity contribution >= 4 is 21.8 Å². The highest BCUT2D eigenvalue weighted by Gasteiger charge is 2.18. The third-order valence-corrected chi connectivity index (χ3v) is 3.94. The number of hydrogen-bond donors (Lipinski definition) is 0. The fraction of sp³-hybridized carbons (Fsp3) is 0.278. The van der Waals surface area contributed by atoms with Crippen LogP contribution in [0.5, 0.6) is 0 Å². The van der Waals surface area contributed by atoms with Crippen LogP contribution in [0.2, 0.25) is 0 Å². The molecule has 3 rings (SSSR count). The van der Waals surface area contributed by atoms with E-state index in [0.717, 1.165) is 13.0 Å². The van der Waals surface area contributed by atoms with E-state index in [-0.39, 0.29) is 5.41 Å². The second-order valence-electron chi connectivity index (χ2n) is 5.93. The van der Waals surface area contributed by atoms with E-state index in [9.17, 15) is 5.26 Å². The molecule has 0 aliphatic carbocycles. The molecule has 3 aromatic rings. The van der Waals surface area contributed by atoms with Gasteiger partial charge in [-0.2, -0.15) is 5.26 Å². The Balaban J connectivity index is 2.15. The Hall–Kier alpha value is -2.27. The molecular formula is C18H18N2. The molecule has 20 heavy (non-hydrogen) atoms. The Morgan fingerprint density at radius 1 is 0.950 bits per heavy atom. The number of fused-ring (bicyclic) bond motifs is 3. The minimum atomic E-state index is -0.285. The van der Waals surface area contributed by atoms with Crippen molar-refractivity contribution < 1.29 is 0 Å². The number of para-hydroxylation sites is 2. The van der Waals surface area contributed by atoms with Gasteiger partial charge in [-0.1, -0.05) is 36.4 Å². The predicted octanol–water partition coefficient (Wildman–Crippen LogP) is 4.73. The zero-order valence-corrected chi connectivity index (χ0v) is 11.9. The number of hydrogen-bond acceptors (Lipinski definition) is 1. The Labute approximate surface area is 119 Å². The lowest BCUT2D eigenvalue weighted by atomic mass is 9.91. The maximum atomic E-state index is 9.19. The van der Waals surface area contributed by atoms with Crippen molar-refractivity contribution in [1.29, 1.82) is 5.26 Å². The van der Waals surface area contributed by atoms with Crippen molar-refractivity contribution in [2.75, 3.05) is 0 Å². The second kappa shape index (κ2) is 4.68. The number of rotatable bonds is 3. The highest BCUT2D eigenvalue weighted by Crippen LogP contribution is 2.30. The molecule has 0 aliphatic rings. The molecule has 0 amide bonds. The van der Waals surface area contributed by atoms with Crippen molar-refractivity contribution in [3.63, 3.8) is 0 Å². The van der Waals surface area contributed by atoms with Crippen LogP contribution in [0.4, 0.5) is 0 Å². The van der Waals surface area contributed by atoms with Crippen molar-refractivity contribution in [2.24, 2.45) is 5.41 Å². The second-order valence-corrected chi connectivity index (χ2v) is 5.93. The van der Waals surface area contributed by atoms with Gasteiger partial charge in [0.15, 0.2) is 0 Å². The van der Waals surface area contributed by atoms with E-state index < -0.39 is 0 Å². The SMILES string of the molecule is CC(C)(C#N)CCn1c2ccccc2c2ccccc21. The Morgan fingerprint density at radius 2 is 1.45 bits per heavy atom. The van der Waals surface area contributed by atoms with Gasteiger partial charge in [-0.3, -0.25) is 0 Å². The van der Waals surface area contributed by atoms with E-state index in [0.29, 0.717) is 0 Å². The minimum Gasteiger partial charge on any atom is -0.340 e. The van der Waals surface area contributed by atoms with Gasteiger partial charge in [0, 0.05) is 28.4 Å². The van der Waals surface area contributed by atoms with Gasteiger partial charge >= 0.3 is 0 Å². The molecule has 2 nitrogen and oxygen atoms in total. The highest BCUT2D eigenvalue weighted by molar-refractivity contribution is 6.07. The van der Waals surface area contributed by atoms with Crippen molar-refractivity contribution in [3.05, 3.63) is 48.5 Å². The average Bonchev–Trinajstić information content (AvgIpc) is 2.80. The molecule has 0 saturated heterocycles. The molecule has 0 bridgehead atoms. The van der Waals surface area contributed by atoms with Crippen LogP contribution in [0, 0.1) is 16.7 Å². The topological polar surface area (TPSA) is 28.7 Å². The summed E-state index contributed by atoms with van der Waals surface area (Å²) in [6.07, 6.45) is 0.853. The van der Waals surface area contributed by atoms with Crippen LogP contribution in [-0.2, 0) is 6.54 Å². The fourth-order valence-corrected chi connectivity index (χ4v) is 2.69. The fourth-order valence-electron chi connectivity index (χ4n) is 2.69. The number of nitriles is 1. The molecule has 0 atom stereocenters. The maximum Gasteiger partial charge on any atom is 0.0684 e. The van der Waals surface area contributed by atoms with Crippen molar-refractivity contribution in [2.45, 2.75) is 26.8 Å². The molecule has 2 heteroatoms. The van der Waals surface area contributed by atoms with E-state index in [1.807, 2.05) is 13.8 Å². The first-order valence-electron chi connectivity index (χ1n) is 7.00. The average molecular weight is 262 g/mol. The molecule has 1 heterocycles. The monoisotopic (exact) mass is 262 g/mol. The number of aromatic nitrogens is 1. The summed E-state index contributed by atoms with van der Waals surface area (Å²) < 4.78 is 2.34. The van der Waals surface area contributed by atoms with E-state index in [1.165, 1.54) is 21.8 Å². The summed E-state index contributed by atoms with van der Waals surface area (Å²) in [7, 11) is 0. The van der Waals surface area contributed by atoms with Crippen molar-refractivity contribution in [1.82, 2.24) is 4.57 Å². The lowest BCUT2D eigenvalue weighted by Gasteiger charge is -2.16. The molecule has 0 unspecified atom stereocenters. The summed E-state index contributed by atoms with van der Waals surface area (Å²) in [6.45, 7) is 4.87. The summed E-state index contributed by atoms with van der Waals surface area (Å²) in [6, 6.07) is 19.4. The van der Waals surface area contributed by atoms with E-state index >= 15 is 0 Å². The van der Waals surface area contributed by atoms with Crippen LogP contribution in [0.3, 0.4) is 0 Å². The number of nitrogens with zero attached hydrogens (tertiary/aromatic N) is 2. The lowest BCUT2D eigenvalue weighted by Crippen LogP contribution is -2.12. The zero-order valence-electron chi connectivity index (χ0n) is 11.9. The third kappa shape index (κ3) is 2.06. The van der Waals surface area contributed by atoms with Crippen molar-refractivity contribution in [3.8, 4) is 6.07 Å². The van der Waals surface area contributed by atoms with Gasteiger partial charge in [0.05, 0.1) is 11.5 Å². The molecule has 1 aromatic heterocycles. The number of benzene rings is 2. The van der Waals surface area contributed by atoms with Gasteiger partial charge in [-0.05, 0) is 32.4 Å². The predicted molar refractivity (Wildman–Crippen MR) is 83.5 cm³/mol. The van der Waals surface area contributed by atoms with Gasteiger partial charge in [0.2, 0.25) is 0 Å². The van der Waals surface area contributed by atoms with Crippen LogP contribution in [0.1, 0.15) is 20.3 Å². The standard InChI is InChI=1S/C18H18N2/c1-18(2,13-19)11-12-20-16-9-5-3-7-14(16)15-8-4-6-10-17(15)20/h3-10H,11-12H2,1-2H3. The van der Waals surface area contributed by atoms with Gasteiger partial charge in [0.25, 0.3) is 0 Å². The van der Waals surface area contributed by atoms with E-state index in [2.05, 4.69) is 59.2 Å².